The number of aliphatic hydroxyl groups is 8. The summed E-state index contributed by atoms with van der Waals surface area (Å²) in [4.78, 5) is 35.7. The molecule has 17 rings (SSSR count). The van der Waals surface area contributed by atoms with Gasteiger partial charge in [-0.05, 0) is 155 Å². The Morgan fingerprint density at radius 1 is 0.257 bits per heavy atom. The van der Waals surface area contributed by atoms with Crippen LogP contribution in [0.2, 0.25) is 0 Å². The van der Waals surface area contributed by atoms with Crippen LogP contribution in [0.3, 0.4) is 0 Å². The van der Waals surface area contributed by atoms with Gasteiger partial charge in [0.2, 0.25) is 0 Å². The number of fused-ring (bicyclic) bond motifs is 5. The monoisotopic (exact) mass is 2640 g/mol. The van der Waals surface area contributed by atoms with Crippen molar-refractivity contribution in [2.45, 2.75) is 227 Å². The van der Waals surface area contributed by atoms with E-state index in [9.17, 15) is 30.6 Å². The van der Waals surface area contributed by atoms with Crippen molar-refractivity contribution in [1.82, 2.24) is 39.9 Å². The molecule has 17 aromatic rings. The van der Waals surface area contributed by atoms with Gasteiger partial charge in [-0.25, -0.2) is 19.9 Å². The first-order valence-electron chi connectivity index (χ1n) is 48.4. The minimum Gasteiger partial charge on any atom is -0.393 e. The fourth-order valence-electron chi connectivity index (χ4n) is 15.0. The molecule has 0 aliphatic rings. The standard InChI is InChI=1S/2C24H15N2.C22H17N2.C18H15N2.2C11H24O2.C9H20O2.C5H12O2.4Ir/c1-3-11-19-17(7-1)9-5-13-21(19)23-15-24(26-16-25-23)22-14-6-10-18-8-2-4-12-20(18)22;1-3-7-19-13-21(11-9-17(19)5-1)23-15-24(26-16-25-23)22-12-10-18-6-2-4-8-20(18)14-22;1-15-7-8-16(2)20(11-15)22-13-21(23-14-24-22)19-10-9-17-5-3-4-6-18(17)12-19;1-13-5-3-7-15(9-13)17-11-18(20-12-19-17)16-8-4-6-14(2)10-16;2*1-10(2,3)8(12)7-9(13)11(4,5)6;1-6(2)8(10)5-9(11)7(3)4;1-4(6)3-5(2)7;;;;/h1-13,15-16H;1-11,13-16H;3-9,11-14H,1-2H3;3-7,9-12H,1-2H3;2*8-9,12-13H,7H2,1-6H3;6-11H,5H2,1-4H3;4-7H,3H2,1-2H3;;;;/q4*-1;;;;;;;;. The van der Waals surface area contributed by atoms with Gasteiger partial charge in [0, 0.05) is 110 Å². The van der Waals surface area contributed by atoms with Gasteiger partial charge >= 0.3 is 0 Å². The van der Waals surface area contributed by atoms with E-state index in [1.54, 1.807) is 39.2 Å². The van der Waals surface area contributed by atoms with E-state index in [2.05, 4.69) is 280 Å². The van der Waals surface area contributed by atoms with Crippen molar-refractivity contribution in [3.63, 3.8) is 0 Å². The minimum absolute atomic E-state index is 0. The second kappa shape index (κ2) is 57.8. The first-order valence-corrected chi connectivity index (χ1v) is 48.4. The molecule has 766 valence electrons. The average molecular weight is 2640 g/mol. The van der Waals surface area contributed by atoms with Gasteiger partial charge < -0.3 is 40.9 Å². The van der Waals surface area contributed by atoms with Crippen LogP contribution < -0.4 is 0 Å². The van der Waals surface area contributed by atoms with E-state index in [0.29, 0.717) is 25.7 Å². The van der Waals surface area contributed by atoms with Crippen LogP contribution in [0.15, 0.2) is 304 Å². The van der Waals surface area contributed by atoms with Crippen molar-refractivity contribution in [2.24, 2.45) is 33.5 Å². The zero-order valence-corrected chi connectivity index (χ0v) is 96.5. The number of nitrogens with zero attached hydrogens (tertiary/aromatic N) is 8. The van der Waals surface area contributed by atoms with Crippen LogP contribution in [0.4, 0.5) is 0 Å². The molecule has 0 amide bonds. The van der Waals surface area contributed by atoms with Gasteiger partial charge in [-0.3, -0.25) is 19.9 Å². The zero-order valence-electron chi connectivity index (χ0n) is 87.0. The number of rotatable bonds is 18. The Labute approximate surface area is 908 Å². The van der Waals surface area contributed by atoms with Gasteiger partial charge in [0.1, 0.15) is 25.3 Å². The largest absolute Gasteiger partial charge is 0.393 e. The molecule has 8 N–H and O–H groups in total. The predicted molar refractivity (Wildman–Crippen MR) is 579 cm³/mol. The summed E-state index contributed by atoms with van der Waals surface area (Å²) in [6.45, 7) is 43.3. The first kappa shape index (κ1) is 122. The SMILES string of the molecule is CC(C)(C)C(O)CC(O)C(C)(C)C.CC(C)(C)C(O)CC(O)C(C)(C)C.CC(C)C(O)CC(O)C(C)C.CC(O)CC(C)O.Cc1cc[c-]c(-c2cc(-c3cccc(C)c3)ncn2)c1.Cc1ccc(C)c(-c2cc(-c3[c-]cc4ccccc4c3)ncn2)c1.[Ir].[Ir].[Ir].[Ir].[c-]1cc2ccccc2cc1-c1cc(-c2ccc3ccccc3c2)ncn1.[c-]1ccc2ccccc2c1-c1cc(-c2cccc3ccccc23)ncn1. The van der Waals surface area contributed by atoms with Gasteiger partial charge in [-0.2, -0.15) is 0 Å². The maximum Gasteiger partial charge on any atom is 0.106 e. The normalized spacial score (nSPS) is 12.9. The Hall–Kier alpha value is -10.2. The van der Waals surface area contributed by atoms with E-state index in [4.69, 9.17) is 10.2 Å². The molecule has 0 fully saturated rings. The molecule has 4 radical (unpaired) electrons. The van der Waals surface area contributed by atoms with Crippen molar-refractivity contribution >= 4 is 53.9 Å². The van der Waals surface area contributed by atoms with Crippen molar-refractivity contribution < 1.29 is 121 Å². The molecule has 0 saturated heterocycles. The summed E-state index contributed by atoms with van der Waals surface area (Å²) in [6.07, 6.45) is 5.13. The number of aryl methyl sites for hydroxylation is 4. The van der Waals surface area contributed by atoms with Crippen molar-refractivity contribution in [2.75, 3.05) is 0 Å². The van der Waals surface area contributed by atoms with E-state index in [1.165, 1.54) is 70.7 Å². The molecule has 4 aromatic heterocycles. The summed E-state index contributed by atoms with van der Waals surface area (Å²) < 4.78 is 0. The van der Waals surface area contributed by atoms with Crippen molar-refractivity contribution in [1.29, 1.82) is 0 Å². The second-order valence-electron chi connectivity index (χ2n) is 41.4. The topological polar surface area (TPSA) is 265 Å². The molecule has 0 aliphatic heterocycles. The molecule has 16 nitrogen and oxygen atoms in total. The molecular weight excluding hydrogens is 2500 g/mol. The maximum absolute atomic E-state index is 9.76. The van der Waals surface area contributed by atoms with Crippen LogP contribution >= 0.6 is 0 Å². The number of aliphatic hydroxyl groups excluding tert-OH is 8. The van der Waals surface area contributed by atoms with Gasteiger partial charge in [0.05, 0.1) is 71.6 Å². The smallest absolute Gasteiger partial charge is 0.106 e. The van der Waals surface area contributed by atoms with E-state index in [0.717, 1.165) is 95.4 Å². The number of hydrogen-bond acceptors (Lipinski definition) is 16. The van der Waals surface area contributed by atoms with Crippen LogP contribution in [0.5, 0.6) is 0 Å². The van der Waals surface area contributed by atoms with Crippen molar-refractivity contribution in [3.8, 4) is 90.1 Å². The van der Waals surface area contributed by atoms with E-state index >= 15 is 0 Å². The average Bonchev–Trinajstić information content (AvgIpc) is 0.786. The maximum atomic E-state index is 9.76. The third-order valence-corrected chi connectivity index (χ3v) is 24.5. The molecule has 8 unspecified atom stereocenters. The van der Waals surface area contributed by atoms with Gasteiger partial charge in [-0.15, -0.1) is 123 Å². The van der Waals surface area contributed by atoms with Crippen LogP contribution in [0.25, 0.3) is 144 Å². The third-order valence-electron chi connectivity index (χ3n) is 24.5. The second-order valence-corrected chi connectivity index (χ2v) is 41.4. The number of aromatic nitrogens is 8. The fourth-order valence-corrected chi connectivity index (χ4v) is 15.0. The van der Waals surface area contributed by atoms with Crippen LogP contribution in [0, 0.1) is 85.5 Å². The Bertz CT molecular complexity index is 6480. The molecule has 13 aromatic carbocycles. The van der Waals surface area contributed by atoms with Crippen molar-refractivity contribution in [3.05, 3.63) is 351 Å². The summed E-state index contributed by atoms with van der Waals surface area (Å²) in [7, 11) is 0. The number of hydrogen-bond donors (Lipinski definition) is 8. The van der Waals surface area contributed by atoms with Gasteiger partial charge in [0.25, 0.3) is 0 Å². The van der Waals surface area contributed by atoms with E-state index < -0.39 is 24.4 Å². The Balaban J connectivity index is 0.000000258. The molecular formula is C124H142Ir4N8O8-4. The quantitative estimate of drug-likeness (QED) is 0.0371. The molecule has 4 heterocycles. The van der Waals surface area contributed by atoms with E-state index in [-0.39, 0.29) is 138 Å². The number of benzene rings is 13. The third kappa shape index (κ3) is 37.6. The van der Waals surface area contributed by atoms with Gasteiger partial charge in [0.15, 0.2) is 0 Å². The Kier molecular flexibility index (Phi) is 49.1. The first-order chi connectivity index (χ1) is 66.4. The molecule has 144 heavy (non-hydrogen) atoms. The minimum atomic E-state index is -0.443. The summed E-state index contributed by atoms with van der Waals surface area (Å²) >= 11 is 0. The molecule has 8 atom stereocenters. The molecule has 0 saturated carbocycles. The molecule has 0 spiro atoms. The van der Waals surface area contributed by atoms with E-state index in [1.807, 2.05) is 202 Å². The summed E-state index contributed by atoms with van der Waals surface area (Å²) in [5.41, 5.74) is 20.0. The summed E-state index contributed by atoms with van der Waals surface area (Å²) in [5.74, 6) is 0.479. The summed E-state index contributed by atoms with van der Waals surface area (Å²) in [6, 6.07) is 109. The Morgan fingerprint density at radius 2 is 0.611 bits per heavy atom. The predicted octanol–water partition coefficient (Wildman–Crippen LogP) is 27.4. The van der Waals surface area contributed by atoms with Crippen LogP contribution in [-0.2, 0) is 80.4 Å². The summed E-state index contributed by atoms with van der Waals surface area (Å²) in [5, 5.41) is 86.9. The Morgan fingerprint density at radius 3 is 1.06 bits per heavy atom. The van der Waals surface area contributed by atoms with Gasteiger partial charge in [-0.1, -0.05) is 351 Å². The van der Waals surface area contributed by atoms with Crippen LogP contribution in [-0.4, -0.2) is 130 Å². The molecule has 20 heteroatoms. The molecule has 0 aliphatic carbocycles. The van der Waals surface area contributed by atoms with Crippen LogP contribution in [0.1, 0.15) is 173 Å². The fraction of sp³-hybridized carbons (Fsp3) is 0.323. The zero-order chi connectivity index (χ0) is 102. The molecule has 0 bridgehead atoms.